The van der Waals surface area contributed by atoms with E-state index in [1.807, 2.05) is 6.07 Å². The maximum atomic E-state index is 11.9. The van der Waals surface area contributed by atoms with Crippen LogP contribution in [0, 0.1) is 24.2 Å². The van der Waals surface area contributed by atoms with Crippen molar-refractivity contribution >= 4 is 0 Å². The van der Waals surface area contributed by atoms with Gasteiger partial charge in [0.2, 0.25) is 0 Å². The molecule has 0 saturated heterocycles. The van der Waals surface area contributed by atoms with E-state index in [1.165, 1.54) is 10.6 Å². The Kier molecular flexibility index (Phi) is 5.58. The van der Waals surface area contributed by atoms with Crippen molar-refractivity contribution in [3.8, 4) is 11.9 Å². The van der Waals surface area contributed by atoms with Crippen LogP contribution in [0.15, 0.2) is 10.9 Å². The Labute approximate surface area is 113 Å². The van der Waals surface area contributed by atoms with Crippen LogP contribution in [-0.4, -0.2) is 22.9 Å². The first-order valence-electron chi connectivity index (χ1n) is 6.38. The second-order valence-electron chi connectivity index (χ2n) is 4.92. The minimum atomic E-state index is -0.465. The fraction of sp³-hybridized carbons (Fsp3) is 0.571. The summed E-state index contributed by atoms with van der Waals surface area (Å²) in [6.07, 6.45) is 0.957. The van der Waals surface area contributed by atoms with E-state index in [4.69, 9.17) is 10.00 Å². The van der Waals surface area contributed by atoms with E-state index in [-0.39, 0.29) is 18.0 Å². The summed E-state index contributed by atoms with van der Waals surface area (Å²) in [4.78, 5) is 11.9. The van der Waals surface area contributed by atoms with Crippen LogP contribution in [0.2, 0.25) is 0 Å². The summed E-state index contributed by atoms with van der Waals surface area (Å²) in [6.45, 7) is 7.07. The fourth-order valence-corrected chi connectivity index (χ4v) is 1.68. The molecule has 0 aliphatic carbocycles. The molecule has 1 heterocycles. The monoisotopic (exact) mass is 264 g/mol. The number of rotatable bonds is 6. The standard InChI is InChI=1S/C14H20N2O3/c1-10(2)4-6-19-7-5-16-13(17)8-11(3)12(9-15)14(16)18/h8,10,17H,4-7H2,1-3H3. The van der Waals surface area contributed by atoms with Gasteiger partial charge in [-0.05, 0) is 24.8 Å². The molecule has 0 aliphatic heterocycles. The van der Waals surface area contributed by atoms with Gasteiger partial charge in [0.1, 0.15) is 11.6 Å². The lowest BCUT2D eigenvalue weighted by molar-refractivity contribution is 0.114. The molecular formula is C14H20N2O3. The summed E-state index contributed by atoms with van der Waals surface area (Å²) < 4.78 is 6.58. The molecule has 1 aromatic heterocycles. The Bertz CT molecular complexity index is 527. The molecule has 0 spiro atoms. The summed E-state index contributed by atoms with van der Waals surface area (Å²) >= 11 is 0. The Morgan fingerprint density at radius 1 is 1.47 bits per heavy atom. The molecule has 0 saturated carbocycles. The Morgan fingerprint density at radius 3 is 2.74 bits per heavy atom. The van der Waals surface area contributed by atoms with Gasteiger partial charge in [0, 0.05) is 12.7 Å². The van der Waals surface area contributed by atoms with Crippen LogP contribution in [0.5, 0.6) is 5.88 Å². The third-order valence-corrected chi connectivity index (χ3v) is 2.89. The van der Waals surface area contributed by atoms with Crippen LogP contribution in [0.25, 0.3) is 0 Å². The van der Waals surface area contributed by atoms with Crippen LogP contribution in [-0.2, 0) is 11.3 Å². The lowest BCUT2D eigenvalue weighted by Gasteiger charge is -2.11. The quantitative estimate of drug-likeness (QED) is 0.795. The molecule has 5 heteroatoms. The molecule has 104 valence electrons. The molecule has 1 N–H and O–H groups in total. The molecule has 0 fully saturated rings. The number of nitrogens with zero attached hydrogens (tertiary/aromatic N) is 2. The molecule has 1 rings (SSSR count). The third kappa shape index (κ3) is 4.11. The second-order valence-corrected chi connectivity index (χ2v) is 4.92. The van der Waals surface area contributed by atoms with Gasteiger partial charge in [0.05, 0.1) is 13.2 Å². The lowest BCUT2D eigenvalue weighted by atomic mass is 10.1. The average Bonchev–Trinajstić information content (AvgIpc) is 2.32. The van der Waals surface area contributed by atoms with Crippen molar-refractivity contribution in [1.82, 2.24) is 4.57 Å². The first kappa shape index (κ1) is 15.3. The largest absolute Gasteiger partial charge is 0.494 e. The Morgan fingerprint density at radius 2 is 2.16 bits per heavy atom. The highest BCUT2D eigenvalue weighted by Gasteiger charge is 2.11. The van der Waals surface area contributed by atoms with Crippen molar-refractivity contribution in [1.29, 1.82) is 5.26 Å². The maximum absolute atomic E-state index is 11.9. The van der Waals surface area contributed by atoms with Crippen LogP contribution in [0.1, 0.15) is 31.4 Å². The zero-order valence-corrected chi connectivity index (χ0v) is 11.6. The van der Waals surface area contributed by atoms with E-state index in [9.17, 15) is 9.90 Å². The van der Waals surface area contributed by atoms with Gasteiger partial charge in [0.15, 0.2) is 5.88 Å². The predicted octanol–water partition coefficient (Wildman–Crippen LogP) is 1.80. The highest BCUT2D eigenvalue weighted by atomic mass is 16.5. The minimum Gasteiger partial charge on any atom is -0.494 e. The smallest absolute Gasteiger partial charge is 0.271 e. The van der Waals surface area contributed by atoms with Gasteiger partial charge in [-0.1, -0.05) is 13.8 Å². The van der Waals surface area contributed by atoms with Gasteiger partial charge >= 0.3 is 0 Å². The van der Waals surface area contributed by atoms with Crippen molar-refractivity contribution in [2.75, 3.05) is 13.2 Å². The fourth-order valence-electron chi connectivity index (χ4n) is 1.68. The molecule has 0 amide bonds. The van der Waals surface area contributed by atoms with E-state index in [0.29, 0.717) is 24.7 Å². The second kappa shape index (κ2) is 6.95. The first-order chi connectivity index (χ1) is 8.97. The van der Waals surface area contributed by atoms with Crippen LogP contribution >= 0.6 is 0 Å². The van der Waals surface area contributed by atoms with Gasteiger partial charge in [-0.3, -0.25) is 9.36 Å². The van der Waals surface area contributed by atoms with E-state index < -0.39 is 5.56 Å². The molecule has 0 unspecified atom stereocenters. The van der Waals surface area contributed by atoms with Gasteiger partial charge in [-0.15, -0.1) is 0 Å². The van der Waals surface area contributed by atoms with Crippen molar-refractivity contribution < 1.29 is 9.84 Å². The number of hydrogen-bond donors (Lipinski definition) is 1. The van der Waals surface area contributed by atoms with Crippen molar-refractivity contribution in [3.05, 3.63) is 27.5 Å². The molecule has 0 aromatic carbocycles. The normalized spacial score (nSPS) is 10.7. The number of aryl methyl sites for hydroxylation is 1. The van der Waals surface area contributed by atoms with Crippen molar-refractivity contribution in [2.45, 2.75) is 33.7 Å². The summed E-state index contributed by atoms with van der Waals surface area (Å²) in [6, 6.07) is 3.29. The number of ether oxygens (including phenoxy) is 1. The van der Waals surface area contributed by atoms with E-state index >= 15 is 0 Å². The van der Waals surface area contributed by atoms with Crippen LogP contribution < -0.4 is 5.56 Å². The zero-order valence-electron chi connectivity index (χ0n) is 11.6. The number of pyridine rings is 1. The molecular weight excluding hydrogens is 244 g/mol. The average molecular weight is 264 g/mol. The third-order valence-electron chi connectivity index (χ3n) is 2.89. The first-order valence-corrected chi connectivity index (χ1v) is 6.38. The van der Waals surface area contributed by atoms with Gasteiger partial charge in [-0.25, -0.2) is 0 Å². The molecule has 0 atom stereocenters. The van der Waals surface area contributed by atoms with E-state index in [2.05, 4.69) is 13.8 Å². The summed E-state index contributed by atoms with van der Waals surface area (Å²) in [5.74, 6) is 0.439. The summed E-state index contributed by atoms with van der Waals surface area (Å²) in [7, 11) is 0. The number of aromatic hydroxyl groups is 1. The SMILES string of the molecule is Cc1cc(O)n(CCOCCC(C)C)c(=O)c1C#N. The highest BCUT2D eigenvalue weighted by molar-refractivity contribution is 5.37. The summed E-state index contributed by atoms with van der Waals surface area (Å²) in [5.41, 5.74) is 0.0921. The zero-order chi connectivity index (χ0) is 14.4. The molecule has 0 aliphatic rings. The van der Waals surface area contributed by atoms with Crippen molar-refractivity contribution in [3.63, 3.8) is 0 Å². The van der Waals surface area contributed by atoms with E-state index in [1.54, 1.807) is 6.92 Å². The number of hydrogen-bond acceptors (Lipinski definition) is 4. The molecule has 5 nitrogen and oxygen atoms in total. The minimum absolute atomic E-state index is 0.0694. The number of nitriles is 1. The van der Waals surface area contributed by atoms with Crippen LogP contribution in [0.3, 0.4) is 0 Å². The van der Waals surface area contributed by atoms with E-state index in [0.717, 1.165) is 6.42 Å². The maximum Gasteiger partial charge on any atom is 0.271 e. The Hall–Kier alpha value is -1.80. The number of aromatic nitrogens is 1. The Balaban J connectivity index is 2.69. The van der Waals surface area contributed by atoms with Crippen LogP contribution in [0.4, 0.5) is 0 Å². The van der Waals surface area contributed by atoms with Gasteiger partial charge < -0.3 is 9.84 Å². The van der Waals surface area contributed by atoms with Crippen molar-refractivity contribution in [2.24, 2.45) is 5.92 Å². The molecule has 0 bridgehead atoms. The topological polar surface area (TPSA) is 75.2 Å². The highest BCUT2D eigenvalue weighted by Crippen LogP contribution is 2.11. The molecule has 0 radical (unpaired) electrons. The lowest BCUT2D eigenvalue weighted by Crippen LogP contribution is -2.25. The van der Waals surface area contributed by atoms with Gasteiger partial charge in [0.25, 0.3) is 5.56 Å². The predicted molar refractivity (Wildman–Crippen MR) is 72.1 cm³/mol. The summed E-state index contributed by atoms with van der Waals surface area (Å²) in [5, 5.41) is 18.6. The van der Waals surface area contributed by atoms with Gasteiger partial charge in [-0.2, -0.15) is 5.26 Å². The molecule has 1 aromatic rings. The molecule has 19 heavy (non-hydrogen) atoms.